The summed E-state index contributed by atoms with van der Waals surface area (Å²) in [6.07, 6.45) is 1.28. The maximum absolute atomic E-state index is 13.1. The number of carbonyl (C=O) groups is 1. The van der Waals surface area contributed by atoms with Crippen LogP contribution >= 0.6 is 0 Å². The topological polar surface area (TPSA) is 75.7 Å². The quantitative estimate of drug-likeness (QED) is 0.725. The van der Waals surface area contributed by atoms with E-state index in [4.69, 9.17) is 4.74 Å². The first kappa shape index (κ1) is 22.2. The van der Waals surface area contributed by atoms with Crippen molar-refractivity contribution in [3.63, 3.8) is 0 Å². The Morgan fingerprint density at radius 2 is 1.97 bits per heavy atom. The minimum atomic E-state index is -3.76. The monoisotopic (exact) mass is 434 g/mol. The molecule has 1 aliphatic heterocycles. The van der Waals surface area contributed by atoms with E-state index < -0.39 is 21.8 Å². The van der Waals surface area contributed by atoms with Gasteiger partial charge in [-0.3, -0.25) is 4.79 Å². The van der Waals surface area contributed by atoms with Crippen molar-refractivity contribution in [3.05, 3.63) is 59.9 Å². The predicted octanol–water partition coefficient (Wildman–Crippen LogP) is 3.33. The van der Waals surface area contributed by atoms with Crippen LogP contribution in [0.1, 0.15) is 32.3 Å². The largest absolute Gasteiger partial charge is 0.491 e. The molecule has 1 N–H and O–H groups in total. The summed E-state index contributed by atoms with van der Waals surface area (Å²) in [5.74, 6) is -0.355. The van der Waals surface area contributed by atoms with E-state index in [0.29, 0.717) is 25.9 Å². The molecule has 1 heterocycles. The van der Waals surface area contributed by atoms with E-state index in [1.807, 2.05) is 38.1 Å². The first-order chi connectivity index (χ1) is 14.3. The van der Waals surface area contributed by atoms with Gasteiger partial charge in [-0.1, -0.05) is 12.1 Å². The maximum Gasteiger partial charge on any atom is 0.243 e. The average Bonchev–Trinajstić information content (AvgIpc) is 2.72. The van der Waals surface area contributed by atoms with Crippen molar-refractivity contribution in [3.8, 4) is 5.75 Å². The molecule has 162 valence electrons. The zero-order valence-corrected chi connectivity index (χ0v) is 18.0. The van der Waals surface area contributed by atoms with Crippen LogP contribution in [0.4, 0.5) is 4.39 Å². The van der Waals surface area contributed by atoms with E-state index in [9.17, 15) is 17.6 Å². The molecule has 0 radical (unpaired) electrons. The summed E-state index contributed by atoms with van der Waals surface area (Å²) in [6, 6.07) is 12.3. The Hall–Kier alpha value is -2.45. The molecule has 0 aromatic heterocycles. The minimum Gasteiger partial charge on any atom is -0.491 e. The number of ether oxygens (including phenoxy) is 1. The van der Waals surface area contributed by atoms with E-state index in [1.165, 1.54) is 16.4 Å². The zero-order chi connectivity index (χ0) is 21.7. The van der Waals surface area contributed by atoms with Gasteiger partial charge in [0.1, 0.15) is 11.6 Å². The van der Waals surface area contributed by atoms with E-state index in [2.05, 4.69) is 5.32 Å². The van der Waals surface area contributed by atoms with Crippen LogP contribution in [0.2, 0.25) is 0 Å². The first-order valence-electron chi connectivity index (χ1n) is 10.0. The highest BCUT2D eigenvalue weighted by molar-refractivity contribution is 7.89. The third kappa shape index (κ3) is 5.58. The van der Waals surface area contributed by atoms with Crippen molar-refractivity contribution in [2.45, 2.75) is 44.2 Å². The average molecular weight is 435 g/mol. The smallest absolute Gasteiger partial charge is 0.243 e. The Balaban J connectivity index is 1.61. The van der Waals surface area contributed by atoms with Crippen LogP contribution in [0.5, 0.6) is 5.75 Å². The summed E-state index contributed by atoms with van der Waals surface area (Å²) in [5.41, 5.74) is 0.910. The van der Waals surface area contributed by atoms with Crippen LogP contribution in [0.3, 0.4) is 0 Å². The van der Waals surface area contributed by atoms with Gasteiger partial charge in [0.25, 0.3) is 0 Å². The molecule has 1 fully saturated rings. The number of piperidine rings is 1. The fourth-order valence-corrected chi connectivity index (χ4v) is 4.99. The van der Waals surface area contributed by atoms with Gasteiger partial charge in [0.15, 0.2) is 0 Å². The highest BCUT2D eigenvalue weighted by Gasteiger charge is 2.33. The van der Waals surface area contributed by atoms with Crippen LogP contribution in [0.25, 0.3) is 0 Å². The van der Waals surface area contributed by atoms with E-state index in [0.717, 1.165) is 23.4 Å². The normalized spacial score (nSPS) is 17.7. The van der Waals surface area contributed by atoms with Crippen LogP contribution < -0.4 is 10.1 Å². The number of hydrogen-bond acceptors (Lipinski definition) is 4. The van der Waals surface area contributed by atoms with Crippen LogP contribution in [0.15, 0.2) is 53.4 Å². The lowest BCUT2D eigenvalue weighted by Crippen LogP contribution is -2.45. The summed E-state index contributed by atoms with van der Waals surface area (Å²) in [7, 11) is -3.76. The highest BCUT2D eigenvalue weighted by Crippen LogP contribution is 2.24. The van der Waals surface area contributed by atoms with Gasteiger partial charge >= 0.3 is 0 Å². The lowest BCUT2D eigenvalue weighted by molar-refractivity contribution is -0.126. The molecule has 0 aliphatic carbocycles. The molecule has 8 heteroatoms. The number of nitrogens with zero attached hydrogens (tertiary/aromatic N) is 1. The summed E-state index contributed by atoms with van der Waals surface area (Å²) in [6.45, 7) is 4.70. The second kappa shape index (κ2) is 9.57. The van der Waals surface area contributed by atoms with E-state index >= 15 is 0 Å². The van der Waals surface area contributed by atoms with Gasteiger partial charge in [0.2, 0.25) is 15.9 Å². The van der Waals surface area contributed by atoms with Gasteiger partial charge < -0.3 is 10.1 Å². The molecule has 1 amide bonds. The van der Waals surface area contributed by atoms with Crippen molar-refractivity contribution in [1.29, 1.82) is 0 Å². The van der Waals surface area contributed by atoms with Gasteiger partial charge in [-0.2, -0.15) is 4.31 Å². The Morgan fingerprint density at radius 1 is 1.23 bits per heavy atom. The molecule has 0 saturated carbocycles. The zero-order valence-electron chi connectivity index (χ0n) is 17.2. The minimum absolute atomic E-state index is 0.0342. The SMILES string of the molecule is CC(C)Oc1cccc(CNC(=O)[C@H]2CCCN(S(=O)(=O)c3ccc(F)cc3)C2)c1. The molecular weight excluding hydrogens is 407 g/mol. The number of halogens is 1. The molecule has 0 unspecified atom stereocenters. The number of amides is 1. The second-order valence-corrected chi connectivity index (χ2v) is 9.63. The molecular formula is C22H27FN2O4S. The molecule has 1 atom stereocenters. The molecule has 0 bridgehead atoms. The number of rotatable bonds is 7. The van der Waals surface area contributed by atoms with Crippen LogP contribution in [-0.2, 0) is 21.4 Å². The van der Waals surface area contributed by atoms with Crippen molar-refractivity contribution >= 4 is 15.9 Å². The molecule has 3 rings (SSSR count). The maximum atomic E-state index is 13.1. The summed E-state index contributed by atoms with van der Waals surface area (Å²) < 4.78 is 45.8. The fraction of sp³-hybridized carbons (Fsp3) is 0.409. The van der Waals surface area contributed by atoms with Gasteiger partial charge in [0.05, 0.1) is 16.9 Å². The van der Waals surface area contributed by atoms with E-state index in [1.54, 1.807) is 0 Å². The van der Waals surface area contributed by atoms with Crippen LogP contribution in [0, 0.1) is 11.7 Å². The van der Waals surface area contributed by atoms with Crippen molar-refractivity contribution in [2.75, 3.05) is 13.1 Å². The van der Waals surface area contributed by atoms with E-state index in [-0.39, 0.29) is 23.5 Å². The molecule has 6 nitrogen and oxygen atoms in total. The third-order valence-electron chi connectivity index (χ3n) is 4.94. The Morgan fingerprint density at radius 3 is 2.67 bits per heavy atom. The summed E-state index contributed by atoms with van der Waals surface area (Å²) >= 11 is 0. The Bertz CT molecular complexity index is 977. The Labute approximate surface area is 177 Å². The summed E-state index contributed by atoms with van der Waals surface area (Å²) in [4.78, 5) is 12.7. The van der Waals surface area contributed by atoms with Crippen molar-refractivity contribution in [1.82, 2.24) is 9.62 Å². The molecule has 0 spiro atoms. The Kier molecular flexibility index (Phi) is 7.10. The summed E-state index contributed by atoms with van der Waals surface area (Å²) in [5, 5.41) is 2.90. The molecule has 2 aromatic rings. The van der Waals surface area contributed by atoms with Crippen LogP contribution in [-0.4, -0.2) is 37.8 Å². The number of hydrogen-bond donors (Lipinski definition) is 1. The number of nitrogens with one attached hydrogen (secondary N) is 1. The number of benzene rings is 2. The van der Waals surface area contributed by atoms with Gasteiger partial charge in [0, 0.05) is 19.6 Å². The lowest BCUT2D eigenvalue weighted by Gasteiger charge is -2.31. The molecule has 2 aromatic carbocycles. The highest BCUT2D eigenvalue weighted by atomic mass is 32.2. The fourth-order valence-electron chi connectivity index (χ4n) is 3.46. The standard InChI is InChI=1S/C22H27FN2O4S/c1-16(2)29-20-7-3-5-17(13-20)14-24-22(26)18-6-4-12-25(15-18)30(27,28)21-10-8-19(23)9-11-21/h3,5,7-11,13,16,18H,4,6,12,14-15H2,1-2H3,(H,24,26)/t18-/m0/s1. The van der Waals surface area contributed by atoms with Crippen molar-refractivity contribution < 1.29 is 22.3 Å². The molecule has 1 saturated heterocycles. The van der Waals surface area contributed by atoms with Gasteiger partial charge in [-0.15, -0.1) is 0 Å². The van der Waals surface area contributed by atoms with Crippen molar-refractivity contribution in [2.24, 2.45) is 5.92 Å². The van der Waals surface area contributed by atoms with Gasteiger partial charge in [-0.05, 0) is 68.7 Å². The molecule has 30 heavy (non-hydrogen) atoms. The van der Waals surface area contributed by atoms with Gasteiger partial charge in [-0.25, -0.2) is 12.8 Å². The predicted molar refractivity (Wildman–Crippen MR) is 112 cm³/mol. The number of carbonyl (C=O) groups excluding carboxylic acids is 1. The lowest BCUT2D eigenvalue weighted by atomic mass is 9.99. The number of sulfonamides is 1. The first-order valence-corrected chi connectivity index (χ1v) is 11.5. The molecule has 1 aliphatic rings. The second-order valence-electron chi connectivity index (χ2n) is 7.69. The third-order valence-corrected chi connectivity index (χ3v) is 6.82.